The first kappa shape index (κ1) is 21.0. The minimum absolute atomic E-state index is 0.0635. The number of anilines is 1. The van der Waals surface area contributed by atoms with Crippen molar-refractivity contribution in [2.45, 2.75) is 33.4 Å². The third-order valence-corrected chi connectivity index (χ3v) is 5.96. The highest BCUT2D eigenvalue weighted by Gasteiger charge is 2.37. The molecule has 162 valence electrons. The van der Waals surface area contributed by atoms with Gasteiger partial charge in [-0.05, 0) is 43.2 Å². The number of aryl methyl sites for hydroxylation is 1. The lowest BCUT2D eigenvalue weighted by atomic mass is 10.1. The van der Waals surface area contributed by atoms with Crippen molar-refractivity contribution in [1.29, 1.82) is 0 Å². The average Bonchev–Trinajstić information content (AvgIpc) is 3.29. The number of benzene rings is 2. The molecule has 0 spiro atoms. The van der Waals surface area contributed by atoms with Crippen LogP contribution in [0.1, 0.15) is 29.9 Å². The summed E-state index contributed by atoms with van der Waals surface area (Å²) in [6, 6.07) is 12.4. The molecular weight excluding hydrogens is 402 g/mol. The predicted octanol–water partition coefficient (Wildman–Crippen LogP) is 4.06. The molecule has 31 heavy (non-hydrogen) atoms. The molecule has 2 aromatic carbocycles. The van der Waals surface area contributed by atoms with Crippen molar-refractivity contribution in [1.82, 2.24) is 14.5 Å². The van der Waals surface area contributed by atoms with Crippen LogP contribution < -0.4 is 4.90 Å². The van der Waals surface area contributed by atoms with E-state index in [1.165, 1.54) is 4.90 Å². The van der Waals surface area contributed by atoms with E-state index in [1.807, 2.05) is 32.0 Å². The molecule has 1 saturated heterocycles. The Morgan fingerprint density at radius 3 is 2.68 bits per heavy atom. The number of rotatable bonds is 5. The molecule has 4 rings (SSSR count). The molecule has 1 aliphatic rings. The molecule has 3 aromatic rings. The van der Waals surface area contributed by atoms with Gasteiger partial charge in [-0.15, -0.1) is 0 Å². The van der Waals surface area contributed by atoms with Crippen LogP contribution in [0.15, 0.2) is 42.5 Å². The maximum absolute atomic E-state index is 13.7. The van der Waals surface area contributed by atoms with E-state index in [-0.39, 0.29) is 37.1 Å². The SMILES string of the molecule is Cc1cccc(N2C[C@@H](C(=O)N(C)Cc3nc4ccccc4n3C(F)F)CC2=O)c1C. The van der Waals surface area contributed by atoms with Gasteiger partial charge in [0.1, 0.15) is 5.82 Å². The number of carbonyl (C=O) groups is 2. The zero-order valence-electron chi connectivity index (χ0n) is 17.7. The number of halogens is 2. The van der Waals surface area contributed by atoms with Gasteiger partial charge in [0.15, 0.2) is 0 Å². The lowest BCUT2D eigenvalue weighted by molar-refractivity contribution is -0.135. The summed E-state index contributed by atoms with van der Waals surface area (Å²) in [5.41, 5.74) is 3.66. The average molecular weight is 426 g/mol. The van der Waals surface area contributed by atoms with E-state index in [0.717, 1.165) is 21.4 Å². The van der Waals surface area contributed by atoms with Gasteiger partial charge in [0.2, 0.25) is 11.8 Å². The molecule has 0 saturated carbocycles. The number of hydrogen-bond acceptors (Lipinski definition) is 3. The van der Waals surface area contributed by atoms with E-state index >= 15 is 0 Å². The number of aromatic nitrogens is 2. The molecule has 0 bridgehead atoms. The maximum Gasteiger partial charge on any atom is 0.320 e. The van der Waals surface area contributed by atoms with Gasteiger partial charge in [0, 0.05) is 25.7 Å². The summed E-state index contributed by atoms with van der Waals surface area (Å²) in [5, 5.41) is 0. The van der Waals surface area contributed by atoms with Crippen LogP contribution in [0.4, 0.5) is 14.5 Å². The van der Waals surface area contributed by atoms with Crippen LogP contribution in [0.5, 0.6) is 0 Å². The van der Waals surface area contributed by atoms with Crippen molar-refractivity contribution < 1.29 is 18.4 Å². The zero-order valence-corrected chi connectivity index (χ0v) is 17.7. The van der Waals surface area contributed by atoms with Crippen molar-refractivity contribution in [3.05, 3.63) is 59.4 Å². The Morgan fingerprint density at radius 1 is 1.19 bits per heavy atom. The third-order valence-electron chi connectivity index (χ3n) is 5.96. The van der Waals surface area contributed by atoms with Gasteiger partial charge in [0.25, 0.3) is 0 Å². The molecule has 1 aromatic heterocycles. The highest BCUT2D eigenvalue weighted by molar-refractivity contribution is 6.00. The summed E-state index contributed by atoms with van der Waals surface area (Å²) in [5.74, 6) is -0.779. The van der Waals surface area contributed by atoms with Crippen molar-refractivity contribution >= 4 is 28.5 Å². The molecule has 1 fully saturated rings. The second-order valence-electron chi connectivity index (χ2n) is 7.98. The molecule has 0 radical (unpaired) electrons. The second-order valence-corrected chi connectivity index (χ2v) is 7.98. The van der Waals surface area contributed by atoms with Crippen LogP contribution in [-0.4, -0.2) is 39.9 Å². The van der Waals surface area contributed by atoms with Crippen LogP contribution in [0.25, 0.3) is 11.0 Å². The van der Waals surface area contributed by atoms with Crippen molar-refractivity contribution in [3.8, 4) is 0 Å². The van der Waals surface area contributed by atoms with Crippen molar-refractivity contribution in [2.75, 3.05) is 18.5 Å². The predicted molar refractivity (Wildman–Crippen MR) is 114 cm³/mol. The lowest BCUT2D eigenvalue weighted by Gasteiger charge is -2.23. The number of imidazole rings is 1. The fraction of sp³-hybridized carbons (Fsp3) is 0.348. The number of fused-ring (bicyclic) bond motifs is 1. The van der Waals surface area contributed by atoms with E-state index in [1.54, 1.807) is 36.2 Å². The van der Waals surface area contributed by atoms with Gasteiger partial charge in [-0.3, -0.25) is 14.2 Å². The normalized spacial score (nSPS) is 16.5. The summed E-state index contributed by atoms with van der Waals surface area (Å²) < 4.78 is 28.2. The Kier molecular flexibility index (Phi) is 5.47. The van der Waals surface area contributed by atoms with Crippen molar-refractivity contribution in [2.24, 2.45) is 5.92 Å². The summed E-state index contributed by atoms with van der Waals surface area (Å²) in [4.78, 5) is 33.0. The van der Waals surface area contributed by atoms with Gasteiger partial charge in [-0.1, -0.05) is 24.3 Å². The molecule has 2 heterocycles. The highest BCUT2D eigenvalue weighted by atomic mass is 19.3. The van der Waals surface area contributed by atoms with Crippen LogP contribution >= 0.6 is 0 Å². The van der Waals surface area contributed by atoms with E-state index in [2.05, 4.69) is 4.98 Å². The number of para-hydroxylation sites is 2. The van der Waals surface area contributed by atoms with E-state index in [9.17, 15) is 18.4 Å². The summed E-state index contributed by atoms with van der Waals surface area (Å²) in [6.45, 7) is 1.38. The number of alkyl halides is 2. The van der Waals surface area contributed by atoms with Crippen LogP contribution in [-0.2, 0) is 16.1 Å². The van der Waals surface area contributed by atoms with Crippen LogP contribution in [0.3, 0.4) is 0 Å². The summed E-state index contributed by atoms with van der Waals surface area (Å²) in [6.07, 6.45) is 0.0990. The Labute approximate surface area is 179 Å². The van der Waals surface area contributed by atoms with Gasteiger partial charge >= 0.3 is 6.55 Å². The third kappa shape index (κ3) is 3.78. The second kappa shape index (κ2) is 8.09. The van der Waals surface area contributed by atoms with Gasteiger partial charge in [-0.25, -0.2) is 4.98 Å². The first-order chi connectivity index (χ1) is 14.8. The number of amides is 2. The van der Waals surface area contributed by atoms with Gasteiger partial charge in [0.05, 0.1) is 23.5 Å². The smallest absolute Gasteiger partial charge is 0.320 e. The van der Waals surface area contributed by atoms with Crippen molar-refractivity contribution in [3.63, 3.8) is 0 Å². The minimum atomic E-state index is -2.77. The van der Waals surface area contributed by atoms with E-state index < -0.39 is 12.5 Å². The Morgan fingerprint density at radius 2 is 1.94 bits per heavy atom. The summed E-state index contributed by atoms with van der Waals surface area (Å²) in [7, 11) is 1.56. The molecule has 0 N–H and O–H groups in total. The highest BCUT2D eigenvalue weighted by Crippen LogP contribution is 2.30. The standard InChI is InChI=1S/C23H24F2N4O2/c1-14-7-6-10-18(15(14)2)28-12-16(11-21(28)30)22(31)27(3)13-20-26-17-8-4-5-9-19(17)29(20)23(24)25/h4-10,16,23H,11-13H2,1-3H3/t16-/m0/s1. The fourth-order valence-electron chi connectivity index (χ4n) is 4.16. The number of carbonyl (C=O) groups excluding carboxylic acids is 2. The first-order valence-corrected chi connectivity index (χ1v) is 10.1. The first-order valence-electron chi connectivity index (χ1n) is 10.1. The van der Waals surface area contributed by atoms with Gasteiger partial charge in [-0.2, -0.15) is 8.78 Å². The molecule has 2 amide bonds. The van der Waals surface area contributed by atoms with E-state index in [4.69, 9.17) is 0 Å². The lowest BCUT2D eigenvalue weighted by Crippen LogP contribution is -2.35. The molecular formula is C23H24F2N4O2. The number of hydrogen-bond donors (Lipinski definition) is 0. The molecule has 8 heteroatoms. The molecule has 0 unspecified atom stereocenters. The Bertz CT molecular complexity index is 1160. The number of nitrogens with zero attached hydrogens (tertiary/aromatic N) is 4. The Balaban J connectivity index is 1.53. The van der Waals surface area contributed by atoms with Crippen LogP contribution in [0, 0.1) is 19.8 Å². The monoisotopic (exact) mass is 426 g/mol. The maximum atomic E-state index is 13.7. The molecule has 1 aliphatic heterocycles. The zero-order chi connectivity index (χ0) is 22.3. The topological polar surface area (TPSA) is 58.4 Å². The van der Waals surface area contributed by atoms with E-state index in [0.29, 0.717) is 11.0 Å². The Hall–Kier alpha value is -3.29. The largest absolute Gasteiger partial charge is 0.338 e. The van der Waals surface area contributed by atoms with Crippen LogP contribution in [0.2, 0.25) is 0 Å². The molecule has 1 atom stereocenters. The van der Waals surface area contributed by atoms with Gasteiger partial charge < -0.3 is 9.80 Å². The fourth-order valence-corrected chi connectivity index (χ4v) is 4.16. The quantitative estimate of drug-likeness (QED) is 0.618. The minimum Gasteiger partial charge on any atom is -0.338 e. The molecule has 0 aliphatic carbocycles. The summed E-state index contributed by atoms with van der Waals surface area (Å²) >= 11 is 0. The molecule has 6 nitrogen and oxygen atoms in total.